The van der Waals surface area contributed by atoms with Crippen LogP contribution in [-0.2, 0) is 28.7 Å². The maximum Gasteiger partial charge on any atom is 0.331 e. The van der Waals surface area contributed by atoms with Gasteiger partial charge in [0, 0.05) is 24.6 Å². The van der Waals surface area contributed by atoms with Crippen LogP contribution in [0.4, 0.5) is 0 Å². The third-order valence-electron chi connectivity index (χ3n) is 2.63. The van der Waals surface area contributed by atoms with Crippen LogP contribution >= 0.6 is 0 Å². The predicted molar refractivity (Wildman–Crippen MR) is 81.0 cm³/mol. The number of carbonyl (C=O) groups excluding carboxylic acids is 4. The second-order valence-corrected chi connectivity index (χ2v) is 6.03. The summed E-state index contributed by atoms with van der Waals surface area (Å²) in [6.45, 7) is 5.30. The number of ether oxygens (including phenoxy) is 2. The molecule has 0 radical (unpaired) electrons. The molecule has 0 spiro atoms. The van der Waals surface area contributed by atoms with E-state index in [0.717, 1.165) is 12.2 Å². The van der Waals surface area contributed by atoms with Crippen molar-refractivity contribution in [3.8, 4) is 0 Å². The van der Waals surface area contributed by atoms with Crippen LogP contribution in [0, 0.1) is 0 Å². The van der Waals surface area contributed by atoms with Gasteiger partial charge in [0.1, 0.15) is 5.60 Å². The summed E-state index contributed by atoms with van der Waals surface area (Å²) in [6, 6.07) is 0. The van der Waals surface area contributed by atoms with Gasteiger partial charge in [-0.2, -0.15) is 0 Å². The van der Waals surface area contributed by atoms with E-state index in [9.17, 15) is 19.2 Å². The summed E-state index contributed by atoms with van der Waals surface area (Å²) >= 11 is 0. The normalized spacial score (nSPS) is 15.2. The number of esters is 2. The van der Waals surface area contributed by atoms with Crippen LogP contribution in [0.25, 0.3) is 0 Å². The van der Waals surface area contributed by atoms with Crippen LogP contribution in [-0.4, -0.2) is 36.0 Å². The molecule has 0 atom stereocenters. The lowest BCUT2D eigenvalue weighted by Gasteiger charge is -2.17. The molecule has 1 heterocycles. The smallest absolute Gasteiger partial charge is 0.331 e. The first-order valence-electron chi connectivity index (χ1n) is 7.27. The second-order valence-electron chi connectivity index (χ2n) is 6.03. The van der Waals surface area contributed by atoms with E-state index in [0.29, 0.717) is 18.4 Å². The molecule has 0 fully saturated rings. The van der Waals surface area contributed by atoms with E-state index in [4.69, 9.17) is 9.47 Å². The van der Waals surface area contributed by atoms with Crippen LogP contribution in [0.2, 0.25) is 0 Å². The summed E-state index contributed by atoms with van der Waals surface area (Å²) in [6.07, 6.45) is 4.55. The van der Waals surface area contributed by atoms with Crippen LogP contribution in [0.5, 0.6) is 0 Å². The molecule has 1 aliphatic heterocycles. The zero-order valence-corrected chi connectivity index (χ0v) is 13.5. The van der Waals surface area contributed by atoms with Crippen LogP contribution in [0.15, 0.2) is 23.8 Å². The minimum absolute atomic E-state index is 0.130. The standard InChI is InChI=1S/C16H21NO6/c1-16(2,3)23-15(21)7-6-14(20)22-8-4-5-11-9-12(18)17-13(19)10-11/h6-7,9H,4-5,8,10H2,1-3H3,(H,17,18,19)/b7-6+. The van der Waals surface area contributed by atoms with Gasteiger partial charge < -0.3 is 9.47 Å². The molecule has 2 amide bonds. The Hall–Kier alpha value is -2.44. The number of amides is 2. The number of hydrogen-bond acceptors (Lipinski definition) is 6. The molecule has 0 bridgehead atoms. The van der Waals surface area contributed by atoms with Gasteiger partial charge in [0.15, 0.2) is 0 Å². The van der Waals surface area contributed by atoms with Gasteiger partial charge in [-0.15, -0.1) is 0 Å². The number of carbonyl (C=O) groups is 4. The average Bonchev–Trinajstić information content (AvgIpc) is 2.38. The maximum absolute atomic E-state index is 11.4. The molecule has 1 rings (SSSR count). The quantitative estimate of drug-likeness (QED) is 0.341. The molecule has 0 saturated heterocycles. The zero-order chi connectivity index (χ0) is 17.5. The van der Waals surface area contributed by atoms with Crippen molar-refractivity contribution in [3.63, 3.8) is 0 Å². The monoisotopic (exact) mass is 323 g/mol. The molecule has 23 heavy (non-hydrogen) atoms. The fourth-order valence-electron chi connectivity index (χ4n) is 1.81. The largest absolute Gasteiger partial charge is 0.463 e. The Labute approximate surface area is 134 Å². The Morgan fingerprint density at radius 1 is 1.22 bits per heavy atom. The highest BCUT2D eigenvalue weighted by Crippen LogP contribution is 2.13. The van der Waals surface area contributed by atoms with Crippen LogP contribution in [0.1, 0.15) is 40.0 Å². The molecule has 0 aromatic carbocycles. The van der Waals surface area contributed by atoms with Gasteiger partial charge in [0.05, 0.1) is 6.61 Å². The van der Waals surface area contributed by atoms with E-state index >= 15 is 0 Å². The average molecular weight is 323 g/mol. The minimum Gasteiger partial charge on any atom is -0.463 e. The molecule has 126 valence electrons. The van der Waals surface area contributed by atoms with Crippen molar-refractivity contribution in [2.24, 2.45) is 0 Å². The van der Waals surface area contributed by atoms with Gasteiger partial charge in [-0.25, -0.2) is 9.59 Å². The van der Waals surface area contributed by atoms with Gasteiger partial charge in [-0.1, -0.05) is 5.57 Å². The molecule has 0 aromatic heterocycles. The molecule has 1 aliphatic rings. The first-order chi connectivity index (χ1) is 10.7. The van der Waals surface area contributed by atoms with Crippen molar-refractivity contribution in [3.05, 3.63) is 23.8 Å². The lowest BCUT2D eigenvalue weighted by Crippen LogP contribution is -2.32. The fraction of sp³-hybridized carbons (Fsp3) is 0.500. The van der Waals surface area contributed by atoms with Gasteiger partial charge in [-0.3, -0.25) is 14.9 Å². The number of nitrogens with one attached hydrogen (secondary N) is 1. The summed E-state index contributed by atoms with van der Waals surface area (Å²) in [7, 11) is 0. The number of hydrogen-bond donors (Lipinski definition) is 1. The lowest BCUT2D eigenvalue weighted by atomic mass is 10.0. The highest BCUT2D eigenvalue weighted by atomic mass is 16.6. The summed E-state index contributed by atoms with van der Waals surface area (Å²) in [5.41, 5.74) is 0.0852. The fourth-order valence-corrected chi connectivity index (χ4v) is 1.81. The third kappa shape index (κ3) is 8.55. The minimum atomic E-state index is -0.651. The Bertz CT molecular complexity index is 553. The first-order valence-corrected chi connectivity index (χ1v) is 7.27. The van der Waals surface area contributed by atoms with Gasteiger partial charge in [-0.05, 0) is 33.6 Å². The van der Waals surface area contributed by atoms with Crippen molar-refractivity contribution in [1.82, 2.24) is 5.32 Å². The molecule has 0 unspecified atom stereocenters. The Morgan fingerprint density at radius 2 is 1.87 bits per heavy atom. The van der Waals surface area contributed by atoms with Gasteiger partial charge >= 0.3 is 11.9 Å². The topological polar surface area (TPSA) is 98.8 Å². The molecule has 7 heteroatoms. The van der Waals surface area contributed by atoms with E-state index in [-0.39, 0.29) is 18.9 Å². The van der Waals surface area contributed by atoms with E-state index in [1.165, 1.54) is 6.08 Å². The number of imide groups is 1. The maximum atomic E-state index is 11.4. The predicted octanol–water partition coefficient (Wildman–Crippen LogP) is 1.18. The van der Waals surface area contributed by atoms with E-state index < -0.39 is 23.4 Å². The van der Waals surface area contributed by atoms with Crippen molar-refractivity contribution in [1.29, 1.82) is 0 Å². The second kappa shape index (κ2) is 8.26. The Morgan fingerprint density at radius 3 is 2.48 bits per heavy atom. The highest BCUT2D eigenvalue weighted by molar-refractivity contribution is 6.05. The van der Waals surface area contributed by atoms with Crippen molar-refractivity contribution >= 4 is 23.8 Å². The molecule has 7 nitrogen and oxygen atoms in total. The van der Waals surface area contributed by atoms with E-state index in [1.807, 2.05) is 0 Å². The van der Waals surface area contributed by atoms with Gasteiger partial charge in [0.25, 0.3) is 5.91 Å². The molecule has 1 N–H and O–H groups in total. The first kappa shape index (κ1) is 18.6. The highest BCUT2D eigenvalue weighted by Gasteiger charge is 2.16. The van der Waals surface area contributed by atoms with E-state index in [2.05, 4.69) is 5.32 Å². The van der Waals surface area contributed by atoms with Crippen LogP contribution in [0.3, 0.4) is 0 Å². The summed E-state index contributed by atoms with van der Waals surface area (Å²) in [4.78, 5) is 45.1. The van der Waals surface area contributed by atoms with Crippen molar-refractivity contribution in [2.45, 2.75) is 45.6 Å². The van der Waals surface area contributed by atoms with Crippen molar-refractivity contribution < 1.29 is 28.7 Å². The molecule has 0 aliphatic carbocycles. The molecule has 0 saturated carbocycles. The Kier molecular flexibility index (Phi) is 6.68. The molecular formula is C16H21NO6. The molecule has 0 aromatic rings. The molecular weight excluding hydrogens is 302 g/mol. The Balaban J connectivity index is 2.25. The summed E-state index contributed by atoms with van der Waals surface area (Å²) < 4.78 is 9.92. The summed E-state index contributed by atoms with van der Waals surface area (Å²) in [5, 5.41) is 2.17. The SMILES string of the molecule is CC(C)(C)OC(=O)/C=C/C(=O)OCCCC1=CC(=O)NC(=O)C1. The lowest BCUT2D eigenvalue weighted by molar-refractivity contribution is -0.149. The van der Waals surface area contributed by atoms with Gasteiger partial charge in [0.2, 0.25) is 5.91 Å². The zero-order valence-electron chi connectivity index (χ0n) is 13.5. The summed E-state index contributed by atoms with van der Waals surface area (Å²) in [5.74, 6) is -2.02. The van der Waals surface area contributed by atoms with Crippen LogP contribution < -0.4 is 5.32 Å². The third-order valence-corrected chi connectivity index (χ3v) is 2.63. The van der Waals surface area contributed by atoms with E-state index in [1.54, 1.807) is 20.8 Å². The van der Waals surface area contributed by atoms with Crippen molar-refractivity contribution in [2.75, 3.05) is 6.61 Å². The number of rotatable bonds is 6.